The molecule has 0 unspecified atom stereocenters. The van der Waals surface area contributed by atoms with Gasteiger partial charge < -0.3 is 15.8 Å². The van der Waals surface area contributed by atoms with Crippen LogP contribution in [0.1, 0.15) is 12.0 Å². The molecule has 30 heavy (non-hydrogen) atoms. The van der Waals surface area contributed by atoms with Crippen molar-refractivity contribution in [1.82, 2.24) is 4.98 Å². The Morgan fingerprint density at radius 1 is 0.933 bits per heavy atom. The lowest BCUT2D eigenvalue weighted by molar-refractivity contribution is 0.313. The van der Waals surface area contributed by atoms with Crippen molar-refractivity contribution in [3.05, 3.63) is 75.9 Å². The SMILES string of the molecule is Cl.NCCc1ccc(OCCCNc2c3ccccc3nc3ccccc23)c(I)c1. The van der Waals surface area contributed by atoms with Crippen LogP contribution in [-0.2, 0) is 6.42 Å². The molecule has 156 valence electrons. The molecule has 0 aliphatic carbocycles. The van der Waals surface area contributed by atoms with Crippen LogP contribution < -0.4 is 15.8 Å². The van der Waals surface area contributed by atoms with Gasteiger partial charge in [-0.1, -0.05) is 42.5 Å². The molecule has 1 aromatic heterocycles. The Labute approximate surface area is 196 Å². The van der Waals surface area contributed by atoms with Crippen LogP contribution >= 0.6 is 35.0 Å². The molecular weight excluding hydrogens is 509 g/mol. The third-order valence-corrected chi connectivity index (χ3v) is 5.74. The molecule has 0 bridgehead atoms. The predicted molar refractivity (Wildman–Crippen MR) is 137 cm³/mol. The first-order valence-corrected chi connectivity index (χ1v) is 11.0. The van der Waals surface area contributed by atoms with Crippen LogP contribution in [-0.4, -0.2) is 24.7 Å². The minimum absolute atomic E-state index is 0. The van der Waals surface area contributed by atoms with E-state index < -0.39 is 0 Å². The standard InChI is InChI=1S/C24H24IN3O.ClH/c25-20-16-17(12-13-26)10-11-23(20)29-15-5-14-27-24-18-6-1-3-8-21(18)28-22-9-4-2-7-19(22)24;/h1-4,6-11,16H,5,12-15,26H2,(H,27,28);1H. The largest absolute Gasteiger partial charge is 0.492 e. The first-order chi connectivity index (χ1) is 14.3. The van der Waals surface area contributed by atoms with Crippen molar-refractivity contribution in [2.24, 2.45) is 5.73 Å². The molecule has 3 aromatic carbocycles. The molecule has 4 nitrogen and oxygen atoms in total. The number of nitrogens with zero attached hydrogens (tertiary/aromatic N) is 1. The molecule has 0 amide bonds. The number of halogens is 2. The van der Waals surface area contributed by atoms with Gasteiger partial charge in [0.2, 0.25) is 0 Å². The smallest absolute Gasteiger partial charge is 0.132 e. The molecule has 0 atom stereocenters. The topological polar surface area (TPSA) is 60.2 Å². The molecule has 0 aliphatic heterocycles. The van der Waals surface area contributed by atoms with Crippen molar-refractivity contribution < 1.29 is 4.74 Å². The molecule has 0 spiro atoms. The molecule has 0 fully saturated rings. The maximum atomic E-state index is 5.99. The average Bonchev–Trinajstić information content (AvgIpc) is 2.74. The summed E-state index contributed by atoms with van der Waals surface area (Å²) in [5, 5.41) is 5.92. The number of pyridine rings is 1. The van der Waals surface area contributed by atoms with Crippen LogP contribution in [0.2, 0.25) is 0 Å². The minimum atomic E-state index is 0. The second kappa shape index (κ2) is 10.8. The molecule has 0 aliphatic rings. The van der Waals surface area contributed by atoms with Gasteiger partial charge in [-0.05, 0) is 71.8 Å². The van der Waals surface area contributed by atoms with Crippen LogP contribution in [0.4, 0.5) is 5.69 Å². The Bertz CT molecular complexity index is 1080. The van der Waals surface area contributed by atoms with Gasteiger partial charge in [-0.15, -0.1) is 12.4 Å². The lowest BCUT2D eigenvalue weighted by Gasteiger charge is -2.14. The van der Waals surface area contributed by atoms with Crippen molar-refractivity contribution in [3.63, 3.8) is 0 Å². The monoisotopic (exact) mass is 533 g/mol. The molecule has 0 saturated carbocycles. The summed E-state index contributed by atoms with van der Waals surface area (Å²) in [6.45, 7) is 2.17. The number of nitrogens with two attached hydrogens (primary N) is 1. The number of hydrogen-bond donors (Lipinski definition) is 2. The third-order valence-electron chi connectivity index (χ3n) is 4.90. The maximum Gasteiger partial charge on any atom is 0.132 e. The molecule has 6 heteroatoms. The summed E-state index contributed by atoms with van der Waals surface area (Å²) < 4.78 is 7.12. The van der Waals surface area contributed by atoms with Crippen molar-refractivity contribution in [2.75, 3.05) is 25.0 Å². The van der Waals surface area contributed by atoms with Gasteiger partial charge >= 0.3 is 0 Å². The highest BCUT2D eigenvalue weighted by atomic mass is 127. The van der Waals surface area contributed by atoms with Gasteiger partial charge in [0, 0.05) is 17.3 Å². The summed E-state index contributed by atoms with van der Waals surface area (Å²) in [6, 6.07) is 22.8. The highest BCUT2D eigenvalue weighted by Crippen LogP contribution is 2.30. The Morgan fingerprint density at radius 2 is 1.60 bits per heavy atom. The van der Waals surface area contributed by atoms with Gasteiger partial charge in [0.05, 0.1) is 26.9 Å². The van der Waals surface area contributed by atoms with Crippen LogP contribution in [0.15, 0.2) is 66.7 Å². The Morgan fingerprint density at radius 3 is 2.23 bits per heavy atom. The number of ether oxygens (including phenoxy) is 1. The summed E-state index contributed by atoms with van der Waals surface area (Å²) >= 11 is 2.33. The minimum Gasteiger partial charge on any atom is -0.492 e. The molecular formula is C24H25ClIN3O. The van der Waals surface area contributed by atoms with E-state index in [9.17, 15) is 0 Å². The highest BCUT2D eigenvalue weighted by molar-refractivity contribution is 14.1. The summed E-state index contributed by atoms with van der Waals surface area (Å²) in [7, 11) is 0. The van der Waals surface area contributed by atoms with Gasteiger partial charge in [0.25, 0.3) is 0 Å². The molecule has 0 saturated heterocycles. The third kappa shape index (κ3) is 5.14. The fourth-order valence-corrected chi connectivity index (χ4v) is 4.22. The first-order valence-electron chi connectivity index (χ1n) is 9.89. The van der Waals surface area contributed by atoms with E-state index >= 15 is 0 Å². The van der Waals surface area contributed by atoms with Gasteiger partial charge in [-0.3, -0.25) is 0 Å². The molecule has 0 radical (unpaired) electrons. The summed E-state index contributed by atoms with van der Waals surface area (Å²) in [5.41, 5.74) is 10.1. The van der Waals surface area contributed by atoms with Gasteiger partial charge in [0.15, 0.2) is 0 Å². The van der Waals surface area contributed by atoms with E-state index in [2.05, 4.69) is 76.4 Å². The number of rotatable bonds is 8. The zero-order valence-corrected chi connectivity index (χ0v) is 19.6. The normalized spacial score (nSPS) is 10.7. The number of aromatic nitrogens is 1. The van der Waals surface area contributed by atoms with Crippen molar-refractivity contribution >= 4 is 62.5 Å². The second-order valence-corrected chi connectivity index (χ2v) is 8.12. The summed E-state index contributed by atoms with van der Waals surface area (Å²) in [6.07, 6.45) is 1.81. The van der Waals surface area contributed by atoms with Crippen LogP contribution in [0.5, 0.6) is 5.75 Å². The Hall–Kier alpha value is -2.09. The maximum absolute atomic E-state index is 5.99. The zero-order valence-electron chi connectivity index (χ0n) is 16.6. The van der Waals surface area contributed by atoms with E-state index in [-0.39, 0.29) is 12.4 Å². The molecule has 4 rings (SSSR count). The van der Waals surface area contributed by atoms with Crippen molar-refractivity contribution in [1.29, 1.82) is 0 Å². The van der Waals surface area contributed by atoms with Gasteiger partial charge in [-0.2, -0.15) is 0 Å². The van der Waals surface area contributed by atoms with E-state index in [1.165, 1.54) is 5.56 Å². The van der Waals surface area contributed by atoms with E-state index in [4.69, 9.17) is 15.5 Å². The fourth-order valence-electron chi connectivity index (χ4n) is 3.48. The Balaban J connectivity index is 0.00000256. The van der Waals surface area contributed by atoms with Crippen LogP contribution in [0.3, 0.4) is 0 Å². The van der Waals surface area contributed by atoms with E-state index in [0.717, 1.165) is 56.2 Å². The first kappa shape index (κ1) is 22.6. The number of para-hydroxylation sites is 2. The number of benzene rings is 3. The quantitative estimate of drug-likeness (QED) is 0.171. The summed E-state index contributed by atoms with van der Waals surface area (Å²) in [4.78, 5) is 4.78. The van der Waals surface area contributed by atoms with Gasteiger partial charge in [0.1, 0.15) is 5.75 Å². The molecule has 1 heterocycles. The fraction of sp³-hybridized carbons (Fsp3) is 0.208. The van der Waals surface area contributed by atoms with E-state index in [1.54, 1.807) is 0 Å². The van der Waals surface area contributed by atoms with Crippen LogP contribution in [0, 0.1) is 3.57 Å². The zero-order chi connectivity index (χ0) is 20.1. The molecule has 4 aromatic rings. The average molecular weight is 534 g/mol. The number of fused-ring (bicyclic) bond motifs is 2. The predicted octanol–water partition coefficient (Wildman–Crippen LogP) is 5.80. The van der Waals surface area contributed by atoms with Crippen LogP contribution in [0.25, 0.3) is 21.8 Å². The lowest BCUT2D eigenvalue weighted by atomic mass is 10.1. The summed E-state index contributed by atoms with van der Waals surface area (Å²) in [5.74, 6) is 0.936. The number of nitrogens with one attached hydrogen (secondary N) is 1. The number of anilines is 1. The highest BCUT2D eigenvalue weighted by Gasteiger charge is 2.08. The second-order valence-electron chi connectivity index (χ2n) is 6.95. The van der Waals surface area contributed by atoms with E-state index in [0.29, 0.717) is 13.2 Å². The van der Waals surface area contributed by atoms with Crippen molar-refractivity contribution in [3.8, 4) is 5.75 Å². The number of hydrogen-bond acceptors (Lipinski definition) is 4. The van der Waals surface area contributed by atoms with Gasteiger partial charge in [-0.25, -0.2) is 4.98 Å². The Kier molecular flexibility index (Phi) is 8.13. The van der Waals surface area contributed by atoms with Crippen molar-refractivity contribution in [2.45, 2.75) is 12.8 Å². The lowest BCUT2D eigenvalue weighted by Crippen LogP contribution is -2.09. The molecule has 3 N–H and O–H groups in total. The van der Waals surface area contributed by atoms with E-state index in [1.807, 2.05) is 18.2 Å².